The fourth-order valence-corrected chi connectivity index (χ4v) is 5.51. The molecular formula is C25H34N4O3. The molecule has 0 atom stereocenters. The third-order valence-corrected chi connectivity index (χ3v) is 7.47. The standard InChI is InChI=1S/C25H34N4O3/c1-28(2)25(20-7-4-3-5-8-20)12-10-24(11-13-25)18-23(31)29(19-24)15-6-14-26-22(30)17-21-9-16-32-27-21/h3-5,7-9,16H,6,10-15,17-19H2,1-2H3,(H,26,30). The molecule has 0 radical (unpaired) electrons. The smallest absolute Gasteiger partial charge is 0.226 e. The summed E-state index contributed by atoms with van der Waals surface area (Å²) in [7, 11) is 4.35. The number of rotatable bonds is 8. The van der Waals surface area contributed by atoms with Crippen LogP contribution in [0.5, 0.6) is 0 Å². The highest BCUT2D eigenvalue weighted by molar-refractivity contribution is 5.79. The van der Waals surface area contributed by atoms with E-state index in [0.717, 1.165) is 38.6 Å². The molecule has 1 spiro atoms. The van der Waals surface area contributed by atoms with Crippen molar-refractivity contribution < 1.29 is 14.1 Å². The van der Waals surface area contributed by atoms with Crippen molar-refractivity contribution in [3.63, 3.8) is 0 Å². The molecule has 1 saturated heterocycles. The predicted molar refractivity (Wildman–Crippen MR) is 122 cm³/mol. The topological polar surface area (TPSA) is 78.7 Å². The zero-order chi connectivity index (χ0) is 22.6. The van der Waals surface area contributed by atoms with Gasteiger partial charge in [0.1, 0.15) is 6.26 Å². The highest BCUT2D eigenvalue weighted by atomic mass is 16.5. The van der Waals surface area contributed by atoms with Crippen molar-refractivity contribution in [2.75, 3.05) is 33.7 Å². The van der Waals surface area contributed by atoms with Crippen LogP contribution in [0.15, 0.2) is 47.2 Å². The molecule has 4 rings (SSSR count). The van der Waals surface area contributed by atoms with Crippen LogP contribution < -0.4 is 5.32 Å². The van der Waals surface area contributed by atoms with E-state index in [-0.39, 0.29) is 29.2 Å². The van der Waals surface area contributed by atoms with E-state index in [1.165, 1.54) is 11.8 Å². The summed E-state index contributed by atoms with van der Waals surface area (Å²) in [5.41, 5.74) is 2.15. The van der Waals surface area contributed by atoms with Crippen molar-refractivity contribution in [1.29, 1.82) is 0 Å². The Morgan fingerprint density at radius 2 is 1.91 bits per heavy atom. The van der Waals surface area contributed by atoms with Crippen molar-refractivity contribution in [3.8, 4) is 0 Å². The summed E-state index contributed by atoms with van der Waals surface area (Å²) >= 11 is 0. The van der Waals surface area contributed by atoms with Crippen LogP contribution in [0.25, 0.3) is 0 Å². The van der Waals surface area contributed by atoms with E-state index in [2.05, 4.69) is 59.8 Å². The maximum atomic E-state index is 12.8. The van der Waals surface area contributed by atoms with Crippen LogP contribution in [0.3, 0.4) is 0 Å². The van der Waals surface area contributed by atoms with Crippen molar-refractivity contribution in [3.05, 3.63) is 53.9 Å². The van der Waals surface area contributed by atoms with Gasteiger partial charge >= 0.3 is 0 Å². The van der Waals surface area contributed by atoms with Crippen LogP contribution >= 0.6 is 0 Å². The van der Waals surface area contributed by atoms with Gasteiger partial charge in [0, 0.05) is 37.7 Å². The Kier molecular flexibility index (Phi) is 6.65. The number of carbonyl (C=O) groups excluding carboxylic acids is 2. The van der Waals surface area contributed by atoms with E-state index < -0.39 is 0 Å². The Hall–Kier alpha value is -2.67. The summed E-state index contributed by atoms with van der Waals surface area (Å²) in [5.74, 6) is 0.187. The quantitative estimate of drug-likeness (QED) is 0.641. The zero-order valence-electron chi connectivity index (χ0n) is 19.2. The van der Waals surface area contributed by atoms with Gasteiger partial charge in [0.2, 0.25) is 11.8 Å². The molecule has 1 aromatic carbocycles. The Balaban J connectivity index is 1.27. The van der Waals surface area contributed by atoms with Crippen LogP contribution in [-0.4, -0.2) is 60.5 Å². The molecule has 1 saturated carbocycles. The van der Waals surface area contributed by atoms with Crippen molar-refractivity contribution in [2.45, 2.75) is 50.5 Å². The Labute approximate surface area is 190 Å². The lowest BCUT2D eigenvalue weighted by Gasteiger charge is -2.48. The average Bonchev–Trinajstić information content (AvgIpc) is 3.40. The minimum atomic E-state index is -0.0728. The lowest BCUT2D eigenvalue weighted by molar-refractivity contribution is -0.127. The number of amides is 2. The monoisotopic (exact) mass is 438 g/mol. The number of aromatic nitrogens is 1. The first-order valence-corrected chi connectivity index (χ1v) is 11.6. The van der Waals surface area contributed by atoms with Crippen LogP contribution in [0.4, 0.5) is 0 Å². The molecule has 2 fully saturated rings. The predicted octanol–water partition coefficient (Wildman–Crippen LogP) is 2.97. The first-order valence-electron chi connectivity index (χ1n) is 11.6. The number of hydrogen-bond donors (Lipinski definition) is 1. The third-order valence-electron chi connectivity index (χ3n) is 7.47. The van der Waals surface area contributed by atoms with Gasteiger partial charge in [-0.1, -0.05) is 35.5 Å². The summed E-state index contributed by atoms with van der Waals surface area (Å²) in [4.78, 5) is 29.1. The lowest BCUT2D eigenvalue weighted by atomic mass is 9.64. The average molecular weight is 439 g/mol. The summed E-state index contributed by atoms with van der Waals surface area (Å²) in [6.07, 6.45) is 7.38. The van der Waals surface area contributed by atoms with E-state index >= 15 is 0 Å². The molecule has 2 amide bonds. The first kappa shape index (κ1) is 22.5. The van der Waals surface area contributed by atoms with Gasteiger partial charge < -0.3 is 14.7 Å². The van der Waals surface area contributed by atoms with E-state index in [1.807, 2.05) is 4.90 Å². The van der Waals surface area contributed by atoms with Gasteiger partial charge in [-0.2, -0.15) is 0 Å². The number of nitrogens with one attached hydrogen (secondary N) is 1. The number of carbonyl (C=O) groups is 2. The second kappa shape index (κ2) is 9.45. The number of hydrogen-bond acceptors (Lipinski definition) is 5. The summed E-state index contributed by atoms with van der Waals surface area (Å²) < 4.78 is 4.75. The Morgan fingerprint density at radius 1 is 1.16 bits per heavy atom. The van der Waals surface area contributed by atoms with E-state index in [9.17, 15) is 9.59 Å². The molecule has 0 bridgehead atoms. The van der Waals surface area contributed by atoms with E-state index in [0.29, 0.717) is 25.2 Å². The minimum absolute atomic E-state index is 0.0527. The van der Waals surface area contributed by atoms with Gasteiger partial charge in [-0.3, -0.25) is 14.5 Å². The van der Waals surface area contributed by atoms with Gasteiger partial charge in [0.05, 0.1) is 12.1 Å². The maximum Gasteiger partial charge on any atom is 0.226 e. The van der Waals surface area contributed by atoms with E-state index in [4.69, 9.17) is 4.52 Å². The van der Waals surface area contributed by atoms with Crippen LogP contribution in [-0.2, 0) is 21.5 Å². The summed E-state index contributed by atoms with van der Waals surface area (Å²) in [5, 5.41) is 6.66. The molecule has 2 heterocycles. The molecule has 7 nitrogen and oxygen atoms in total. The Morgan fingerprint density at radius 3 is 2.56 bits per heavy atom. The second-order valence-electron chi connectivity index (χ2n) is 9.66. The molecule has 0 unspecified atom stereocenters. The molecule has 32 heavy (non-hydrogen) atoms. The number of nitrogens with zero attached hydrogens (tertiary/aromatic N) is 3. The van der Waals surface area contributed by atoms with E-state index in [1.54, 1.807) is 6.07 Å². The van der Waals surface area contributed by atoms with Crippen LogP contribution in [0, 0.1) is 5.41 Å². The van der Waals surface area contributed by atoms with Crippen molar-refractivity contribution >= 4 is 11.8 Å². The fraction of sp³-hybridized carbons (Fsp3) is 0.560. The molecule has 1 aromatic heterocycles. The molecule has 2 aliphatic rings. The largest absolute Gasteiger partial charge is 0.364 e. The Bertz CT molecular complexity index is 903. The van der Waals surface area contributed by atoms with Gasteiger partial charge in [0.15, 0.2) is 0 Å². The van der Waals surface area contributed by atoms with Crippen molar-refractivity contribution in [1.82, 2.24) is 20.3 Å². The summed E-state index contributed by atoms with van der Waals surface area (Å²) in [6, 6.07) is 12.5. The van der Waals surface area contributed by atoms with Crippen molar-refractivity contribution in [2.24, 2.45) is 5.41 Å². The highest BCUT2D eigenvalue weighted by Gasteiger charge is 2.49. The highest BCUT2D eigenvalue weighted by Crippen LogP contribution is 2.52. The maximum absolute atomic E-state index is 12.8. The van der Waals surface area contributed by atoms with Gasteiger partial charge in [-0.05, 0) is 57.2 Å². The summed E-state index contributed by atoms with van der Waals surface area (Å²) in [6.45, 7) is 2.10. The van der Waals surface area contributed by atoms with Gasteiger partial charge in [-0.25, -0.2) is 0 Å². The lowest BCUT2D eigenvalue weighted by Crippen LogP contribution is -2.47. The second-order valence-corrected chi connectivity index (χ2v) is 9.66. The molecule has 1 aliphatic carbocycles. The minimum Gasteiger partial charge on any atom is -0.364 e. The first-order chi connectivity index (χ1) is 15.4. The molecular weight excluding hydrogens is 404 g/mol. The number of likely N-dealkylation sites (tertiary alicyclic amines) is 1. The molecule has 7 heteroatoms. The van der Waals surface area contributed by atoms with Crippen LogP contribution in [0.2, 0.25) is 0 Å². The molecule has 172 valence electrons. The normalized spacial score (nSPS) is 25.6. The van der Waals surface area contributed by atoms with Gasteiger partial charge in [-0.15, -0.1) is 0 Å². The molecule has 1 aliphatic heterocycles. The fourth-order valence-electron chi connectivity index (χ4n) is 5.51. The van der Waals surface area contributed by atoms with Crippen LogP contribution in [0.1, 0.15) is 49.8 Å². The number of benzene rings is 1. The molecule has 1 N–H and O–H groups in total. The third kappa shape index (κ3) is 4.72. The SMILES string of the molecule is CN(C)C1(c2ccccc2)CCC2(CC1)CC(=O)N(CCCNC(=O)Cc1ccon1)C2. The van der Waals surface area contributed by atoms with Gasteiger partial charge in [0.25, 0.3) is 0 Å². The zero-order valence-corrected chi connectivity index (χ0v) is 19.2. The molecule has 2 aromatic rings.